The fourth-order valence-electron chi connectivity index (χ4n) is 2.71. The van der Waals surface area contributed by atoms with Crippen LogP contribution in [0.4, 0.5) is 23.2 Å². The van der Waals surface area contributed by atoms with E-state index in [1.54, 1.807) is 30.3 Å². The molecule has 1 heterocycles. The normalized spacial score (nSPS) is 12.3. The van der Waals surface area contributed by atoms with Gasteiger partial charge in [-0.1, -0.05) is 12.1 Å². The topological polar surface area (TPSA) is 106 Å². The van der Waals surface area contributed by atoms with E-state index in [0.717, 1.165) is 6.07 Å². The Morgan fingerprint density at radius 2 is 1.81 bits per heavy atom. The minimum atomic E-state index is -4.60. The van der Waals surface area contributed by atoms with Gasteiger partial charge >= 0.3 is 18.0 Å². The van der Waals surface area contributed by atoms with Gasteiger partial charge in [-0.15, -0.1) is 0 Å². The Balaban J connectivity index is 1.60. The van der Waals surface area contributed by atoms with Crippen molar-refractivity contribution in [2.75, 3.05) is 11.9 Å². The first-order valence-corrected chi connectivity index (χ1v) is 9.38. The number of benzene rings is 2. The van der Waals surface area contributed by atoms with Crippen LogP contribution in [0.5, 0.6) is 11.5 Å². The van der Waals surface area contributed by atoms with E-state index in [-0.39, 0.29) is 11.4 Å². The molecular weight excluding hydrogens is 432 g/mol. The number of pyridine rings is 1. The number of nitrogens with one attached hydrogen (secondary N) is 2. The lowest BCUT2D eigenvalue weighted by Crippen LogP contribution is -2.42. The summed E-state index contributed by atoms with van der Waals surface area (Å²) in [5, 5.41) is 4.86. The number of para-hydroxylation sites is 1. The average molecular weight is 450 g/mol. The molecule has 0 aliphatic heterocycles. The van der Waals surface area contributed by atoms with Crippen molar-refractivity contribution in [1.29, 1.82) is 0 Å². The quantitative estimate of drug-likeness (QED) is 0.394. The van der Waals surface area contributed by atoms with Crippen LogP contribution in [-0.4, -0.2) is 35.6 Å². The number of ether oxygens (including phenoxy) is 1. The van der Waals surface area contributed by atoms with Crippen LogP contribution in [0.3, 0.4) is 0 Å². The number of alkyl halides is 3. The molecular formula is C21H18F4N4O3. The molecule has 0 fully saturated rings. The van der Waals surface area contributed by atoms with Crippen LogP contribution in [0.2, 0.25) is 0 Å². The summed E-state index contributed by atoms with van der Waals surface area (Å²) in [4.78, 5) is 27.8. The lowest BCUT2D eigenvalue weighted by Gasteiger charge is -2.15. The van der Waals surface area contributed by atoms with Crippen molar-refractivity contribution in [3.63, 3.8) is 0 Å². The lowest BCUT2D eigenvalue weighted by atomic mass is 10.2. The van der Waals surface area contributed by atoms with Gasteiger partial charge in [-0.25, -0.2) is 4.39 Å². The number of rotatable bonds is 6. The minimum Gasteiger partial charge on any atom is -0.454 e. The van der Waals surface area contributed by atoms with Crippen LogP contribution in [-0.2, 0) is 9.59 Å². The highest BCUT2D eigenvalue weighted by Gasteiger charge is 2.36. The van der Waals surface area contributed by atoms with Gasteiger partial charge in [0.2, 0.25) is 0 Å². The van der Waals surface area contributed by atoms with Crippen LogP contribution in [0.25, 0.3) is 10.9 Å². The highest BCUT2D eigenvalue weighted by atomic mass is 19.4. The van der Waals surface area contributed by atoms with Gasteiger partial charge in [0.15, 0.2) is 11.6 Å². The summed E-state index contributed by atoms with van der Waals surface area (Å²) in [6.07, 6.45) is -3.67. The molecule has 32 heavy (non-hydrogen) atoms. The first-order valence-electron chi connectivity index (χ1n) is 9.38. The van der Waals surface area contributed by atoms with Crippen LogP contribution >= 0.6 is 0 Å². The molecule has 0 spiro atoms. The van der Waals surface area contributed by atoms with E-state index in [4.69, 9.17) is 10.5 Å². The van der Waals surface area contributed by atoms with Crippen molar-refractivity contribution < 1.29 is 31.9 Å². The second-order valence-corrected chi connectivity index (χ2v) is 6.72. The molecule has 7 nitrogen and oxygen atoms in total. The van der Waals surface area contributed by atoms with Gasteiger partial charge in [0.1, 0.15) is 11.8 Å². The Labute approximate surface area is 179 Å². The molecule has 11 heteroatoms. The van der Waals surface area contributed by atoms with Gasteiger partial charge in [-0.05, 0) is 36.8 Å². The fourth-order valence-corrected chi connectivity index (χ4v) is 2.71. The van der Waals surface area contributed by atoms with E-state index >= 15 is 0 Å². The van der Waals surface area contributed by atoms with Crippen LogP contribution in [0.15, 0.2) is 54.7 Å². The summed E-state index contributed by atoms with van der Waals surface area (Å²) in [6, 6.07) is 10.1. The summed E-state index contributed by atoms with van der Waals surface area (Å²) < 4.78 is 57.1. The number of nitrogens with zero attached hydrogens (tertiary/aromatic N) is 1. The number of carbonyl (C=O) groups is 2. The van der Waals surface area contributed by atoms with E-state index in [0.29, 0.717) is 16.7 Å². The van der Waals surface area contributed by atoms with E-state index in [1.165, 1.54) is 18.3 Å². The Bertz CT molecular complexity index is 1130. The molecule has 0 bridgehead atoms. The third-order valence-electron chi connectivity index (χ3n) is 4.39. The second-order valence-electron chi connectivity index (χ2n) is 6.72. The molecule has 0 radical (unpaired) electrons. The molecule has 4 N–H and O–H groups in total. The molecule has 2 aromatic carbocycles. The molecule has 1 unspecified atom stereocenters. The largest absolute Gasteiger partial charge is 0.454 e. The lowest BCUT2D eigenvalue weighted by molar-refractivity contribution is -0.149. The first kappa shape index (κ1) is 22.9. The SMILES string of the molecule is NC(CCNC(=O)C(=O)Nc1ccc(Oc2ccnc3ccccc23)c(F)c1)C(F)(F)F. The van der Waals surface area contributed by atoms with Gasteiger partial charge in [-0.3, -0.25) is 14.6 Å². The van der Waals surface area contributed by atoms with Crippen LogP contribution in [0.1, 0.15) is 6.42 Å². The van der Waals surface area contributed by atoms with Gasteiger partial charge in [0.25, 0.3) is 0 Å². The number of aromatic nitrogens is 1. The summed E-state index contributed by atoms with van der Waals surface area (Å²) in [5.41, 5.74) is 5.54. The van der Waals surface area contributed by atoms with E-state index in [1.807, 2.05) is 5.32 Å². The Kier molecular flexibility index (Phi) is 6.89. The third kappa shape index (κ3) is 5.70. The monoisotopic (exact) mass is 450 g/mol. The molecule has 3 rings (SSSR count). The number of halogens is 4. The Hall–Kier alpha value is -3.73. The average Bonchev–Trinajstić information content (AvgIpc) is 2.75. The van der Waals surface area contributed by atoms with Crippen molar-refractivity contribution >= 4 is 28.4 Å². The van der Waals surface area contributed by atoms with Crippen LogP contribution < -0.4 is 21.1 Å². The number of hydrogen-bond acceptors (Lipinski definition) is 5. The third-order valence-corrected chi connectivity index (χ3v) is 4.39. The second kappa shape index (κ2) is 9.60. The zero-order chi connectivity index (χ0) is 23.3. The molecule has 2 amide bonds. The van der Waals surface area contributed by atoms with E-state index in [9.17, 15) is 27.2 Å². The number of nitrogens with two attached hydrogens (primary N) is 1. The maximum Gasteiger partial charge on any atom is 0.403 e. The van der Waals surface area contributed by atoms with Gasteiger partial charge in [0, 0.05) is 29.9 Å². The van der Waals surface area contributed by atoms with Crippen molar-refractivity contribution in [2.45, 2.75) is 18.6 Å². The highest BCUT2D eigenvalue weighted by molar-refractivity contribution is 6.39. The summed E-state index contributed by atoms with van der Waals surface area (Å²) in [5.74, 6) is -2.89. The number of carbonyl (C=O) groups excluding carboxylic acids is 2. The molecule has 168 valence electrons. The summed E-state index contributed by atoms with van der Waals surface area (Å²) in [6.45, 7) is -0.450. The molecule has 0 saturated heterocycles. The maximum atomic E-state index is 14.5. The maximum absolute atomic E-state index is 14.5. The standard InChI is InChI=1S/C21H18F4N4O3/c22-14-11-12(29-20(31)19(30)28-10-8-18(26)21(23,24)25)5-6-17(14)32-16-7-9-27-15-4-2-1-3-13(15)16/h1-7,9,11,18H,8,10,26H2,(H,28,30)(H,29,31). The molecule has 0 aliphatic rings. The number of fused-ring (bicyclic) bond motifs is 1. The minimum absolute atomic E-state index is 0.0402. The highest BCUT2D eigenvalue weighted by Crippen LogP contribution is 2.31. The smallest absolute Gasteiger partial charge is 0.403 e. The Morgan fingerprint density at radius 3 is 2.53 bits per heavy atom. The molecule has 1 aromatic heterocycles. The number of amides is 2. The number of anilines is 1. The van der Waals surface area contributed by atoms with E-state index < -0.39 is 42.8 Å². The fraction of sp³-hybridized carbons (Fsp3) is 0.190. The van der Waals surface area contributed by atoms with Gasteiger partial charge in [-0.2, -0.15) is 13.2 Å². The van der Waals surface area contributed by atoms with Crippen molar-refractivity contribution in [3.05, 3.63) is 60.5 Å². The Morgan fingerprint density at radius 1 is 1.06 bits per heavy atom. The summed E-state index contributed by atoms with van der Waals surface area (Å²) in [7, 11) is 0. The predicted molar refractivity (Wildman–Crippen MR) is 109 cm³/mol. The summed E-state index contributed by atoms with van der Waals surface area (Å²) >= 11 is 0. The van der Waals surface area contributed by atoms with Gasteiger partial charge < -0.3 is 21.1 Å². The zero-order valence-corrected chi connectivity index (χ0v) is 16.4. The first-order chi connectivity index (χ1) is 15.1. The van der Waals surface area contributed by atoms with Gasteiger partial charge in [0.05, 0.1) is 5.52 Å². The molecule has 0 aliphatic carbocycles. The van der Waals surface area contributed by atoms with E-state index in [2.05, 4.69) is 10.3 Å². The molecule has 0 saturated carbocycles. The molecule has 3 aromatic rings. The van der Waals surface area contributed by atoms with Crippen molar-refractivity contribution in [3.8, 4) is 11.5 Å². The molecule has 1 atom stereocenters. The van der Waals surface area contributed by atoms with Crippen molar-refractivity contribution in [2.24, 2.45) is 5.73 Å². The predicted octanol–water partition coefficient (Wildman–Crippen LogP) is 3.50. The number of hydrogen-bond donors (Lipinski definition) is 3. The van der Waals surface area contributed by atoms with Crippen molar-refractivity contribution in [1.82, 2.24) is 10.3 Å². The van der Waals surface area contributed by atoms with Crippen LogP contribution in [0, 0.1) is 5.82 Å². The zero-order valence-electron chi connectivity index (χ0n) is 16.4.